The largest absolute Gasteiger partial charge is 0.495 e. The highest BCUT2D eigenvalue weighted by atomic mass is 16.5. The van der Waals surface area contributed by atoms with Crippen LogP contribution in [-0.2, 0) is 0 Å². The molecule has 0 radical (unpaired) electrons. The van der Waals surface area contributed by atoms with Crippen LogP contribution < -0.4 is 16.0 Å². The summed E-state index contributed by atoms with van der Waals surface area (Å²) in [7, 11) is 1.66. The number of nitrogens with one attached hydrogen (secondary N) is 1. The standard InChI is InChI=1S/C13H23N3O/c1-4-5-10(2)8-12(16-14)11-6-7-15-9-13(11)17-3/h6-7,9-10,12,16H,4-5,8,14H2,1-3H3. The molecule has 17 heavy (non-hydrogen) atoms. The van der Waals surface area contributed by atoms with Gasteiger partial charge in [0.25, 0.3) is 0 Å². The molecule has 0 aliphatic rings. The molecule has 3 N–H and O–H groups in total. The Labute approximate surface area is 104 Å². The number of methoxy groups -OCH3 is 1. The molecular weight excluding hydrogens is 214 g/mol. The molecule has 1 heterocycles. The van der Waals surface area contributed by atoms with E-state index in [1.165, 1.54) is 12.8 Å². The van der Waals surface area contributed by atoms with Crippen molar-refractivity contribution in [2.75, 3.05) is 7.11 Å². The third kappa shape index (κ3) is 3.98. The molecule has 96 valence electrons. The van der Waals surface area contributed by atoms with Gasteiger partial charge in [-0.2, -0.15) is 0 Å². The lowest BCUT2D eigenvalue weighted by Crippen LogP contribution is -2.29. The normalized spacial score (nSPS) is 14.4. The van der Waals surface area contributed by atoms with E-state index in [-0.39, 0.29) is 6.04 Å². The van der Waals surface area contributed by atoms with Crippen molar-refractivity contribution in [3.63, 3.8) is 0 Å². The van der Waals surface area contributed by atoms with Gasteiger partial charge in [-0.25, -0.2) is 0 Å². The highest BCUT2D eigenvalue weighted by Crippen LogP contribution is 2.29. The summed E-state index contributed by atoms with van der Waals surface area (Å²) in [5.74, 6) is 7.08. The van der Waals surface area contributed by atoms with Crippen LogP contribution in [0.5, 0.6) is 5.75 Å². The maximum atomic E-state index is 5.65. The zero-order valence-electron chi connectivity index (χ0n) is 10.9. The van der Waals surface area contributed by atoms with Crippen LogP contribution in [0.15, 0.2) is 18.5 Å². The molecule has 0 saturated heterocycles. The van der Waals surface area contributed by atoms with E-state index in [1.807, 2.05) is 6.07 Å². The topological polar surface area (TPSA) is 60.2 Å². The summed E-state index contributed by atoms with van der Waals surface area (Å²) in [5.41, 5.74) is 3.95. The number of hydrazine groups is 1. The van der Waals surface area contributed by atoms with Gasteiger partial charge in [0.1, 0.15) is 5.75 Å². The molecule has 1 aromatic heterocycles. The molecule has 1 rings (SSSR count). The van der Waals surface area contributed by atoms with Gasteiger partial charge in [0.2, 0.25) is 0 Å². The summed E-state index contributed by atoms with van der Waals surface area (Å²) in [5, 5.41) is 0. The van der Waals surface area contributed by atoms with Crippen LogP contribution in [-0.4, -0.2) is 12.1 Å². The molecule has 0 fully saturated rings. The van der Waals surface area contributed by atoms with E-state index in [9.17, 15) is 0 Å². The maximum Gasteiger partial charge on any atom is 0.141 e. The predicted octanol–water partition coefficient (Wildman–Crippen LogP) is 2.42. The van der Waals surface area contributed by atoms with Crippen molar-refractivity contribution in [2.45, 2.75) is 39.2 Å². The Hall–Kier alpha value is -1.13. The molecule has 4 nitrogen and oxygen atoms in total. The van der Waals surface area contributed by atoms with Gasteiger partial charge in [-0.3, -0.25) is 16.3 Å². The second kappa shape index (κ2) is 7.25. The number of rotatable bonds is 7. The molecule has 0 saturated carbocycles. The Bertz CT molecular complexity index is 330. The van der Waals surface area contributed by atoms with Crippen LogP contribution in [0, 0.1) is 5.92 Å². The van der Waals surface area contributed by atoms with Crippen LogP contribution in [0.4, 0.5) is 0 Å². The van der Waals surface area contributed by atoms with Crippen molar-refractivity contribution in [1.29, 1.82) is 0 Å². The van der Waals surface area contributed by atoms with E-state index in [4.69, 9.17) is 10.6 Å². The number of hydrogen-bond donors (Lipinski definition) is 2. The summed E-state index contributed by atoms with van der Waals surface area (Å²) < 4.78 is 5.31. The summed E-state index contributed by atoms with van der Waals surface area (Å²) in [4.78, 5) is 4.05. The number of aromatic nitrogens is 1. The van der Waals surface area contributed by atoms with Gasteiger partial charge in [-0.1, -0.05) is 26.7 Å². The first kappa shape index (κ1) is 13.9. The summed E-state index contributed by atoms with van der Waals surface area (Å²) in [6.07, 6.45) is 6.92. The first-order valence-corrected chi connectivity index (χ1v) is 6.16. The van der Waals surface area contributed by atoms with Crippen molar-refractivity contribution in [1.82, 2.24) is 10.4 Å². The van der Waals surface area contributed by atoms with Crippen molar-refractivity contribution < 1.29 is 4.74 Å². The van der Waals surface area contributed by atoms with Crippen molar-refractivity contribution >= 4 is 0 Å². The first-order valence-electron chi connectivity index (χ1n) is 6.16. The SMILES string of the molecule is CCCC(C)CC(NN)c1ccncc1OC. The molecule has 2 atom stereocenters. The van der Waals surface area contributed by atoms with Crippen molar-refractivity contribution in [2.24, 2.45) is 11.8 Å². The van der Waals surface area contributed by atoms with Crippen molar-refractivity contribution in [3.8, 4) is 5.75 Å². The lowest BCUT2D eigenvalue weighted by Gasteiger charge is -2.21. The third-order valence-corrected chi connectivity index (χ3v) is 3.03. The van der Waals surface area contributed by atoms with Crippen LogP contribution in [0.2, 0.25) is 0 Å². The molecule has 0 aliphatic heterocycles. The quantitative estimate of drug-likeness (QED) is 0.565. The zero-order chi connectivity index (χ0) is 12.7. The van der Waals surface area contributed by atoms with Crippen LogP contribution in [0.25, 0.3) is 0 Å². The molecule has 1 aromatic rings. The zero-order valence-corrected chi connectivity index (χ0v) is 10.9. The average molecular weight is 237 g/mol. The van der Waals surface area contributed by atoms with Gasteiger partial charge in [0.05, 0.1) is 13.3 Å². The molecule has 0 aliphatic carbocycles. The summed E-state index contributed by atoms with van der Waals surface area (Å²) in [6.45, 7) is 4.45. The number of nitrogens with two attached hydrogens (primary N) is 1. The van der Waals surface area contributed by atoms with Crippen molar-refractivity contribution in [3.05, 3.63) is 24.0 Å². The highest BCUT2D eigenvalue weighted by Gasteiger charge is 2.17. The highest BCUT2D eigenvalue weighted by molar-refractivity contribution is 5.32. The van der Waals surface area contributed by atoms with E-state index >= 15 is 0 Å². The number of pyridine rings is 1. The van der Waals surface area contributed by atoms with E-state index in [2.05, 4.69) is 24.3 Å². The average Bonchev–Trinajstić information content (AvgIpc) is 2.36. The number of nitrogens with zero attached hydrogens (tertiary/aromatic N) is 1. The van der Waals surface area contributed by atoms with Crippen LogP contribution in [0.3, 0.4) is 0 Å². The fourth-order valence-electron chi connectivity index (χ4n) is 2.15. The number of hydrogen-bond acceptors (Lipinski definition) is 4. The fourth-order valence-corrected chi connectivity index (χ4v) is 2.15. The molecular formula is C13H23N3O. The third-order valence-electron chi connectivity index (χ3n) is 3.03. The minimum atomic E-state index is 0.120. The van der Waals surface area contributed by atoms with E-state index < -0.39 is 0 Å². The Morgan fingerprint density at radius 1 is 1.53 bits per heavy atom. The number of ether oxygens (including phenoxy) is 1. The Morgan fingerprint density at radius 3 is 2.88 bits per heavy atom. The minimum absolute atomic E-state index is 0.120. The minimum Gasteiger partial charge on any atom is -0.495 e. The second-order valence-electron chi connectivity index (χ2n) is 4.47. The van der Waals surface area contributed by atoms with Gasteiger partial charge in [-0.15, -0.1) is 0 Å². The van der Waals surface area contributed by atoms with Gasteiger partial charge in [0.15, 0.2) is 0 Å². The smallest absolute Gasteiger partial charge is 0.141 e. The van der Waals surface area contributed by atoms with E-state index in [0.717, 1.165) is 17.7 Å². The first-order chi connectivity index (χ1) is 8.22. The lowest BCUT2D eigenvalue weighted by atomic mass is 9.93. The van der Waals surface area contributed by atoms with E-state index in [0.29, 0.717) is 5.92 Å². The molecule has 0 amide bonds. The summed E-state index contributed by atoms with van der Waals surface area (Å²) in [6, 6.07) is 2.08. The Balaban J connectivity index is 2.78. The van der Waals surface area contributed by atoms with Crippen LogP contribution in [0.1, 0.15) is 44.7 Å². The molecule has 0 aromatic carbocycles. The maximum absolute atomic E-state index is 5.65. The van der Waals surface area contributed by atoms with Gasteiger partial charge in [-0.05, 0) is 18.4 Å². The van der Waals surface area contributed by atoms with E-state index in [1.54, 1.807) is 19.5 Å². The molecule has 2 unspecified atom stereocenters. The van der Waals surface area contributed by atoms with Gasteiger partial charge >= 0.3 is 0 Å². The van der Waals surface area contributed by atoms with Gasteiger partial charge < -0.3 is 4.74 Å². The Morgan fingerprint density at radius 2 is 2.29 bits per heavy atom. The fraction of sp³-hybridized carbons (Fsp3) is 0.615. The molecule has 0 bridgehead atoms. The second-order valence-corrected chi connectivity index (χ2v) is 4.47. The molecule has 4 heteroatoms. The predicted molar refractivity (Wildman–Crippen MR) is 69.5 cm³/mol. The lowest BCUT2D eigenvalue weighted by molar-refractivity contribution is 0.366. The Kier molecular flexibility index (Phi) is 5.94. The van der Waals surface area contributed by atoms with Gasteiger partial charge in [0, 0.05) is 17.8 Å². The summed E-state index contributed by atoms with van der Waals surface area (Å²) >= 11 is 0. The molecule has 0 spiro atoms. The monoisotopic (exact) mass is 237 g/mol. The van der Waals surface area contributed by atoms with Crippen LogP contribution >= 0.6 is 0 Å².